The molecular weight excluding hydrogens is 199 g/mol. The van der Waals surface area contributed by atoms with E-state index in [2.05, 4.69) is 0 Å². The molecule has 0 amide bonds. The molecule has 0 rings (SSSR count). The number of hydrogen-bond donors (Lipinski definition) is 0. The Morgan fingerprint density at radius 1 is 1.15 bits per heavy atom. The van der Waals surface area contributed by atoms with Crippen molar-refractivity contribution in [2.75, 3.05) is 19.8 Å². The zero-order valence-electron chi connectivity index (χ0n) is 9.83. The van der Waals surface area contributed by atoms with Crippen LogP contribution >= 0.6 is 0 Å². The molecule has 0 aliphatic carbocycles. The molecule has 0 fully saturated rings. The van der Waals surface area contributed by atoms with Crippen molar-refractivity contribution in [3.05, 3.63) is 0 Å². The van der Waals surface area contributed by atoms with E-state index in [0.29, 0.717) is 19.8 Å². The maximum Gasteiger partial charge on any atom is 1.00 e. The van der Waals surface area contributed by atoms with Gasteiger partial charge >= 0.3 is 57.4 Å². The van der Waals surface area contributed by atoms with Crippen molar-refractivity contribution >= 4 is 5.97 Å². The first-order valence-electron chi connectivity index (χ1n) is 4.16. The molecule has 4 nitrogen and oxygen atoms in total. The van der Waals surface area contributed by atoms with E-state index in [-0.39, 0.29) is 52.8 Å². The average Bonchev–Trinajstić information content (AvgIpc) is 2.04. The largest absolute Gasteiger partial charge is 1.00 e. The van der Waals surface area contributed by atoms with Crippen molar-refractivity contribution in [1.82, 2.24) is 0 Å². The van der Waals surface area contributed by atoms with E-state index >= 15 is 0 Å². The van der Waals surface area contributed by atoms with E-state index in [9.17, 15) is 4.79 Å². The van der Waals surface area contributed by atoms with Gasteiger partial charge in [-0.05, 0) is 20.8 Å². The van der Waals surface area contributed by atoms with Crippen LogP contribution in [0.15, 0.2) is 0 Å². The van der Waals surface area contributed by atoms with Gasteiger partial charge in [-0.3, -0.25) is 0 Å². The minimum absolute atomic E-state index is 0. The van der Waals surface area contributed by atoms with Gasteiger partial charge in [0.1, 0.15) is 0 Å². The second kappa shape index (κ2) is 11.1. The summed E-state index contributed by atoms with van der Waals surface area (Å²) in [5, 5.41) is 0. The van der Waals surface area contributed by atoms with Crippen molar-refractivity contribution in [3.8, 4) is 0 Å². The SMILES string of the molecule is CCOC(=O)C(OCC)OCC.[H-].[K+]. The van der Waals surface area contributed by atoms with Gasteiger partial charge < -0.3 is 15.6 Å². The number of esters is 1. The normalized spacial score (nSPS) is 9.54. The molecule has 0 saturated heterocycles. The van der Waals surface area contributed by atoms with Gasteiger partial charge in [0, 0.05) is 13.2 Å². The van der Waals surface area contributed by atoms with Crippen LogP contribution in [0, 0.1) is 0 Å². The number of rotatable bonds is 6. The van der Waals surface area contributed by atoms with E-state index in [1.54, 1.807) is 20.8 Å². The van der Waals surface area contributed by atoms with Gasteiger partial charge in [-0.25, -0.2) is 4.79 Å². The smallest absolute Gasteiger partial charge is 1.00 e. The Bertz CT molecular complexity index is 129. The summed E-state index contributed by atoms with van der Waals surface area (Å²) in [5.74, 6) is -0.457. The first-order valence-corrected chi connectivity index (χ1v) is 4.16. The third-order valence-corrected chi connectivity index (χ3v) is 1.12. The zero-order valence-corrected chi connectivity index (χ0v) is 12.0. The van der Waals surface area contributed by atoms with E-state index in [1.807, 2.05) is 0 Å². The van der Waals surface area contributed by atoms with Gasteiger partial charge in [0.05, 0.1) is 6.61 Å². The Kier molecular flexibility index (Phi) is 14.1. The number of carbonyl (C=O) groups excluding carboxylic acids is 1. The first kappa shape index (κ1) is 16.5. The molecule has 0 aromatic rings. The molecule has 0 atom stereocenters. The molecule has 0 aromatic heterocycles. The molecule has 0 aliphatic rings. The summed E-state index contributed by atoms with van der Waals surface area (Å²) in [6.07, 6.45) is -0.861. The molecule has 0 unspecified atom stereocenters. The summed E-state index contributed by atoms with van der Waals surface area (Å²) in [6.45, 7) is 6.55. The third-order valence-electron chi connectivity index (χ3n) is 1.12. The third kappa shape index (κ3) is 8.05. The summed E-state index contributed by atoms with van der Waals surface area (Å²) < 4.78 is 14.7. The summed E-state index contributed by atoms with van der Waals surface area (Å²) in [4.78, 5) is 11.1. The minimum Gasteiger partial charge on any atom is -1.00 e. The summed E-state index contributed by atoms with van der Waals surface area (Å²) in [7, 11) is 0. The van der Waals surface area contributed by atoms with Gasteiger partial charge in [0.15, 0.2) is 0 Å². The van der Waals surface area contributed by atoms with Crippen LogP contribution in [0.25, 0.3) is 0 Å². The van der Waals surface area contributed by atoms with Crippen LogP contribution in [-0.2, 0) is 19.0 Å². The molecule has 0 heterocycles. The standard InChI is InChI=1S/C8H16O4.K.H/c1-4-10-7(9)8(11-5-2)12-6-3;;/h8H,4-6H2,1-3H3;;/q;+1;-1. The van der Waals surface area contributed by atoms with Crippen molar-refractivity contribution in [2.24, 2.45) is 0 Å². The Balaban J connectivity index is -0.000000605. The van der Waals surface area contributed by atoms with Crippen molar-refractivity contribution < 1.29 is 71.8 Å². The predicted molar refractivity (Wildman–Crippen MR) is 44.8 cm³/mol. The molecule has 0 saturated carbocycles. The van der Waals surface area contributed by atoms with Gasteiger partial charge in [-0.2, -0.15) is 0 Å². The van der Waals surface area contributed by atoms with Crippen molar-refractivity contribution in [2.45, 2.75) is 27.1 Å². The van der Waals surface area contributed by atoms with Crippen LogP contribution in [0.4, 0.5) is 0 Å². The molecule has 0 aromatic carbocycles. The van der Waals surface area contributed by atoms with Crippen LogP contribution in [0.2, 0.25) is 0 Å². The number of carbonyl (C=O) groups is 1. The molecule has 74 valence electrons. The molecule has 0 N–H and O–H groups in total. The van der Waals surface area contributed by atoms with E-state index < -0.39 is 12.3 Å². The zero-order chi connectivity index (χ0) is 9.40. The summed E-state index contributed by atoms with van der Waals surface area (Å²) in [5.41, 5.74) is 0. The molecule has 0 aliphatic heterocycles. The van der Waals surface area contributed by atoms with Crippen LogP contribution in [0.5, 0.6) is 0 Å². The van der Waals surface area contributed by atoms with Gasteiger partial charge in [0.25, 0.3) is 6.29 Å². The quantitative estimate of drug-likeness (QED) is 0.294. The second-order valence-corrected chi connectivity index (χ2v) is 1.99. The van der Waals surface area contributed by atoms with Crippen molar-refractivity contribution in [3.63, 3.8) is 0 Å². The van der Waals surface area contributed by atoms with E-state index in [4.69, 9.17) is 14.2 Å². The van der Waals surface area contributed by atoms with E-state index in [0.717, 1.165) is 0 Å². The Labute approximate surface area is 123 Å². The molecule has 13 heavy (non-hydrogen) atoms. The Morgan fingerprint density at radius 3 is 1.92 bits per heavy atom. The fraction of sp³-hybridized carbons (Fsp3) is 0.875. The minimum atomic E-state index is -0.861. The fourth-order valence-electron chi connectivity index (χ4n) is 0.697. The molecule has 0 radical (unpaired) electrons. The molecule has 0 spiro atoms. The maximum absolute atomic E-state index is 11.1. The molecular formula is C8H17KO4. The monoisotopic (exact) mass is 216 g/mol. The average molecular weight is 216 g/mol. The van der Waals surface area contributed by atoms with Gasteiger partial charge in [-0.1, -0.05) is 0 Å². The fourth-order valence-corrected chi connectivity index (χ4v) is 0.697. The second-order valence-electron chi connectivity index (χ2n) is 1.99. The van der Waals surface area contributed by atoms with E-state index in [1.165, 1.54) is 0 Å². The number of hydrogen-bond acceptors (Lipinski definition) is 4. The number of ether oxygens (including phenoxy) is 3. The van der Waals surface area contributed by atoms with Crippen LogP contribution in [0.1, 0.15) is 22.2 Å². The molecule has 5 heteroatoms. The Morgan fingerprint density at radius 2 is 1.62 bits per heavy atom. The predicted octanol–water partition coefficient (Wildman–Crippen LogP) is -1.93. The summed E-state index contributed by atoms with van der Waals surface area (Å²) >= 11 is 0. The summed E-state index contributed by atoms with van der Waals surface area (Å²) in [6, 6.07) is 0. The van der Waals surface area contributed by atoms with Crippen LogP contribution in [0.3, 0.4) is 0 Å². The van der Waals surface area contributed by atoms with Gasteiger partial charge in [-0.15, -0.1) is 0 Å². The van der Waals surface area contributed by atoms with Crippen molar-refractivity contribution in [1.29, 1.82) is 0 Å². The van der Waals surface area contributed by atoms with Crippen LogP contribution in [-0.4, -0.2) is 32.1 Å². The molecule has 0 bridgehead atoms. The topological polar surface area (TPSA) is 44.8 Å². The Hall–Kier alpha value is 1.03. The van der Waals surface area contributed by atoms with Gasteiger partial charge in [0.2, 0.25) is 0 Å². The first-order chi connectivity index (χ1) is 5.76. The van der Waals surface area contributed by atoms with Crippen LogP contribution < -0.4 is 51.4 Å². The maximum atomic E-state index is 11.1.